The Bertz CT molecular complexity index is 638. The van der Waals surface area contributed by atoms with E-state index in [-0.39, 0.29) is 12.8 Å². The number of esters is 2. The Kier molecular flexibility index (Phi) is 5.89. The summed E-state index contributed by atoms with van der Waals surface area (Å²) in [7, 11) is 0. The molecular weight excluding hydrogens is 350 g/mol. The molecule has 0 radical (unpaired) electrons. The molecule has 0 aromatic heterocycles. The molecule has 1 atom stereocenters. The van der Waals surface area contributed by atoms with E-state index < -0.39 is 35.8 Å². The SMILES string of the molecule is CC1(C)OC(=O)C(CCC(Cc2ccc(Cl)cc2)NC(=O)O)C(=O)O1. The number of ether oxygens (including phenoxy) is 2. The molecule has 1 aliphatic rings. The maximum atomic E-state index is 12.0. The molecule has 0 saturated carbocycles. The quantitative estimate of drug-likeness (QED) is 0.590. The molecule has 2 rings (SSSR count). The second-order valence-corrected chi connectivity index (χ2v) is 6.79. The third-order valence-electron chi connectivity index (χ3n) is 3.79. The Hall–Kier alpha value is -2.28. The van der Waals surface area contributed by atoms with Gasteiger partial charge in [0.05, 0.1) is 0 Å². The summed E-state index contributed by atoms with van der Waals surface area (Å²) in [5.41, 5.74) is 0.887. The van der Waals surface area contributed by atoms with Gasteiger partial charge in [0.15, 0.2) is 5.92 Å². The van der Waals surface area contributed by atoms with Gasteiger partial charge in [0.2, 0.25) is 0 Å². The first kappa shape index (κ1) is 19.1. The first-order chi connectivity index (χ1) is 11.7. The number of carbonyl (C=O) groups is 3. The van der Waals surface area contributed by atoms with Crippen molar-refractivity contribution in [3.8, 4) is 0 Å². The molecule has 1 amide bonds. The summed E-state index contributed by atoms with van der Waals surface area (Å²) in [5.74, 6) is -3.62. The second kappa shape index (κ2) is 7.74. The van der Waals surface area contributed by atoms with Crippen molar-refractivity contribution in [2.75, 3.05) is 0 Å². The average molecular weight is 370 g/mol. The molecule has 0 spiro atoms. The lowest BCUT2D eigenvalue weighted by molar-refractivity contribution is -0.240. The lowest BCUT2D eigenvalue weighted by atomic mass is 9.95. The molecule has 25 heavy (non-hydrogen) atoms. The van der Waals surface area contributed by atoms with E-state index in [1.54, 1.807) is 24.3 Å². The van der Waals surface area contributed by atoms with Crippen molar-refractivity contribution in [3.05, 3.63) is 34.9 Å². The molecule has 7 nitrogen and oxygen atoms in total. The van der Waals surface area contributed by atoms with Gasteiger partial charge >= 0.3 is 18.0 Å². The Balaban J connectivity index is 1.99. The van der Waals surface area contributed by atoms with Crippen LogP contribution in [0, 0.1) is 5.92 Å². The lowest BCUT2D eigenvalue weighted by Crippen LogP contribution is -2.47. The molecule has 8 heteroatoms. The van der Waals surface area contributed by atoms with Crippen LogP contribution in [-0.4, -0.2) is 35.0 Å². The summed E-state index contributed by atoms with van der Waals surface area (Å²) in [6, 6.07) is 6.56. The first-order valence-corrected chi connectivity index (χ1v) is 8.24. The minimum atomic E-state index is -1.27. The largest absolute Gasteiger partial charge is 0.465 e. The van der Waals surface area contributed by atoms with Crippen LogP contribution in [0.4, 0.5) is 4.79 Å². The van der Waals surface area contributed by atoms with Crippen LogP contribution in [0.15, 0.2) is 24.3 Å². The van der Waals surface area contributed by atoms with Crippen molar-refractivity contribution in [3.63, 3.8) is 0 Å². The van der Waals surface area contributed by atoms with Gasteiger partial charge in [-0.25, -0.2) is 4.79 Å². The molecule has 2 N–H and O–H groups in total. The van der Waals surface area contributed by atoms with Crippen LogP contribution in [0.25, 0.3) is 0 Å². The number of rotatable bonds is 6. The average Bonchev–Trinajstić information content (AvgIpc) is 2.46. The molecule has 1 heterocycles. The third-order valence-corrected chi connectivity index (χ3v) is 4.04. The van der Waals surface area contributed by atoms with Gasteiger partial charge in [-0.1, -0.05) is 23.7 Å². The van der Waals surface area contributed by atoms with E-state index in [4.69, 9.17) is 26.2 Å². The van der Waals surface area contributed by atoms with Crippen molar-refractivity contribution in [2.24, 2.45) is 5.92 Å². The van der Waals surface area contributed by atoms with Gasteiger partial charge in [0, 0.05) is 24.9 Å². The van der Waals surface area contributed by atoms with Crippen LogP contribution in [0.5, 0.6) is 0 Å². The topological polar surface area (TPSA) is 102 Å². The van der Waals surface area contributed by atoms with Gasteiger partial charge in [0.25, 0.3) is 5.79 Å². The summed E-state index contributed by atoms with van der Waals surface area (Å²) in [5, 5.41) is 12.0. The van der Waals surface area contributed by atoms with Gasteiger partial charge in [-0.2, -0.15) is 0 Å². The van der Waals surface area contributed by atoms with Crippen LogP contribution in [0.3, 0.4) is 0 Å². The summed E-state index contributed by atoms with van der Waals surface area (Å²) < 4.78 is 10.1. The first-order valence-electron chi connectivity index (χ1n) is 7.86. The molecule has 1 unspecified atom stereocenters. The number of carboxylic acid groups (broad SMARTS) is 1. The van der Waals surface area contributed by atoms with Crippen LogP contribution < -0.4 is 5.32 Å². The smallest absolute Gasteiger partial charge is 0.404 e. The van der Waals surface area contributed by atoms with Crippen molar-refractivity contribution in [1.82, 2.24) is 5.32 Å². The zero-order chi connectivity index (χ0) is 18.6. The predicted molar refractivity (Wildman–Crippen MR) is 89.1 cm³/mol. The molecule has 136 valence electrons. The highest BCUT2D eigenvalue weighted by molar-refractivity contribution is 6.30. The number of cyclic esters (lactones) is 2. The standard InChI is InChI=1S/C17H20ClNO6/c1-17(2)24-14(20)13(15(21)25-17)8-7-12(19-16(22)23)9-10-3-5-11(18)6-4-10/h3-6,12-13,19H,7-9H2,1-2H3,(H,22,23). The van der Waals surface area contributed by atoms with Crippen LogP contribution in [-0.2, 0) is 25.5 Å². The fourth-order valence-corrected chi connectivity index (χ4v) is 2.78. The maximum absolute atomic E-state index is 12.0. The van der Waals surface area contributed by atoms with Crippen molar-refractivity contribution in [1.29, 1.82) is 0 Å². The van der Waals surface area contributed by atoms with Crippen molar-refractivity contribution < 1.29 is 29.0 Å². The highest BCUT2D eigenvalue weighted by Crippen LogP contribution is 2.26. The van der Waals surface area contributed by atoms with E-state index in [9.17, 15) is 14.4 Å². The summed E-state index contributed by atoms with van der Waals surface area (Å²) in [6.45, 7) is 2.96. The monoisotopic (exact) mass is 369 g/mol. The van der Waals surface area contributed by atoms with Gasteiger partial charge < -0.3 is 19.9 Å². The van der Waals surface area contributed by atoms with Crippen LogP contribution >= 0.6 is 11.6 Å². The van der Waals surface area contributed by atoms with Crippen molar-refractivity contribution in [2.45, 2.75) is 44.9 Å². The Morgan fingerprint density at radius 2 is 1.80 bits per heavy atom. The zero-order valence-electron chi connectivity index (χ0n) is 14.0. The fraction of sp³-hybridized carbons (Fsp3) is 0.471. The van der Waals surface area contributed by atoms with Gasteiger partial charge in [-0.05, 0) is 37.0 Å². The molecule has 1 aliphatic heterocycles. The van der Waals surface area contributed by atoms with Gasteiger partial charge in [-0.15, -0.1) is 0 Å². The predicted octanol–water partition coefficient (Wildman–Crippen LogP) is 2.75. The van der Waals surface area contributed by atoms with Gasteiger partial charge in [-0.3, -0.25) is 9.59 Å². The molecule has 1 aromatic rings. The minimum absolute atomic E-state index is 0.131. The van der Waals surface area contributed by atoms with E-state index in [1.807, 2.05) is 0 Å². The normalized spacial score (nSPS) is 18.2. The lowest BCUT2D eigenvalue weighted by Gasteiger charge is -2.33. The Morgan fingerprint density at radius 1 is 1.24 bits per heavy atom. The van der Waals surface area contributed by atoms with Crippen molar-refractivity contribution >= 4 is 29.6 Å². The third kappa shape index (κ3) is 5.63. The second-order valence-electron chi connectivity index (χ2n) is 6.35. The number of nitrogens with one attached hydrogen (secondary N) is 1. The number of carbonyl (C=O) groups excluding carboxylic acids is 2. The number of amides is 1. The molecule has 0 aliphatic carbocycles. The number of hydrogen-bond donors (Lipinski definition) is 2. The van der Waals surface area contributed by atoms with E-state index >= 15 is 0 Å². The Morgan fingerprint density at radius 3 is 2.32 bits per heavy atom. The maximum Gasteiger partial charge on any atom is 0.404 e. The molecule has 1 aromatic carbocycles. The van der Waals surface area contributed by atoms with E-state index in [1.165, 1.54) is 13.8 Å². The minimum Gasteiger partial charge on any atom is -0.465 e. The Labute approximate surface area is 150 Å². The summed E-state index contributed by atoms with van der Waals surface area (Å²) in [4.78, 5) is 35.0. The van der Waals surface area contributed by atoms with Gasteiger partial charge in [0.1, 0.15) is 0 Å². The highest BCUT2D eigenvalue weighted by atomic mass is 35.5. The molecule has 0 bridgehead atoms. The summed E-state index contributed by atoms with van der Waals surface area (Å²) >= 11 is 5.84. The van der Waals surface area contributed by atoms with E-state index in [0.717, 1.165) is 5.56 Å². The molecular formula is C17H20ClNO6. The van der Waals surface area contributed by atoms with E-state index in [0.29, 0.717) is 11.4 Å². The van der Waals surface area contributed by atoms with Crippen LogP contribution in [0.1, 0.15) is 32.3 Å². The highest BCUT2D eigenvalue weighted by Gasteiger charge is 2.43. The number of hydrogen-bond acceptors (Lipinski definition) is 5. The molecule has 1 saturated heterocycles. The van der Waals surface area contributed by atoms with Crippen LogP contribution in [0.2, 0.25) is 5.02 Å². The number of benzene rings is 1. The fourth-order valence-electron chi connectivity index (χ4n) is 2.65. The number of halogens is 1. The summed E-state index contributed by atoms with van der Waals surface area (Å²) in [6.07, 6.45) is -0.351. The van der Waals surface area contributed by atoms with E-state index in [2.05, 4.69) is 5.32 Å². The molecule has 1 fully saturated rings. The zero-order valence-corrected chi connectivity index (χ0v) is 14.7.